The highest BCUT2D eigenvalue weighted by molar-refractivity contribution is 7.19. The van der Waals surface area contributed by atoms with Gasteiger partial charge in [0.15, 0.2) is 0 Å². The number of carbonyl (C=O) groups is 1. The highest BCUT2D eigenvalue weighted by Gasteiger charge is 2.25. The van der Waals surface area contributed by atoms with E-state index in [9.17, 15) is 4.79 Å². The Morgan fingerprint density at radius 2 is 1.94 bits per heavy atom. The van der Waals surface area contributed by atoms with Crippen LogP contribution in [0, 0.1) is 0 Å². The van der Waals surface area contributed by atoms with Crippen molar-refractivity contribution in [2.75, 3.05) is 6.54 Å². The number of likely N-dealkylation sites (N-methyl/N-ethyl adjacent to an activating group) is 1. The fraction of sp³-hybridized carbons (Fsp3) is 0.269. The van der Waals surface area contributed by atoms with E-state index >= 15 is 0 Å². The van der Waals surface area contributed by atoms with Gasteiger partial charge >= 0.3 is 0 Å². The molecule has 5 heteroatoms. The Hall–Kier alpha value is -3.05. The lowest BCUT2D eigenvalue weighted by molar-refractivity contribution is 0.0706. The molecule has 0 fully saturated rings. The third-order valence-electron chi connectivity index (χ3n) is 6.07. The second-order valence-electron chi connectivity index (χ2n) is 8.12. The molecule has 31 heavy (non-hydrogen) atoms. The van der Waals surface area contributed by atoms with Crippen molar-refractivity contribution < 1.29 is 4.79 Å². The minimum absolute atomic E-state index is 0.0747. The molecule has 2 aromatic heterocycles. The molecule has 1 aliphatic rings. The highest BCUT2D eigenvalue weighted by atomic mass is 32.1. The number of rotatable bonds is 6. The molecule has 0 spiro atoms. The van der Waals surface area contributed by atoms with Crippen LogP contribution in [0.2, 0.25) is 0 Å². The van der Waals surface area contributed by atoms with Crippen LogP contribution in [-0.4, -0.2) is 28.4 Å². The summed E-state index contributed by atoms with van der Waals surface area (Å²) in [7, 11) is 0. The van der Waals surface area contributed by atoms with E-state index in [1.807, 2.05) is 46.6 Å². The van der Waals surface area contributed by atoms with Crippen molar-refractivity contribution in [1.29, 1.82) is 0 Å². The number of hydrogen-bond donors (Lipinski definition) is 2. The van der Waals surface area contributed by atoms with E-state index in [1.165, 1.54) is 20.7 Å². The molecule has 4 nitrogen and oxygen atoms in total. The van der Waals surface area contributed by atoms with Crippen LogP contribution < -0.4 is 5.32 Å². The Balaban J connectivity index is 1.30. The van der Waals surface area contributed by atoms with Crippen LogP contribution in [0.15, 0.2) is 72.4 Å². The summed E-state index contributed by atoms with van der Waals surface area (Å²) >= 11 is 1.84. The number of thiophene rings is 1. The van der Waals surface area contributed by atoms with Crippen LogP contribution in [0.4, 0.5) is 0 Å². The van der Waals surface area contributed by atoms with Gasteiger partial charge in [-0.05, 0) is 61.9 Å². The highest BCUT2D eigenvalue weighted by Crippen LogP contribution is 2.27. The molecule has 2 N–H and O–H groups in total. The van der Waals surface area contributed by atoms with E-state index in [2.05, 4.69) is 53.6 Å². The Morgan fingerprint density at radius 3 is 2.74 bits per heavy atom. The average Bonchev–Trinajstić information content (AvgIpc) is 3.42. The van der Waals surface area contributed by atoms with Crippen molar-refractivity contribution in [3.8, 4) is 0 Å². The molecule has 0 aliphatic heterocycles. The monoisotopic (exact) mass is 429 g/mol. The largest absolute Gasteiger partial charge is 0.384 e. The van der Waals surface area contributed by atoms with E-state index in [4.69, 9.17) is 0 Å². The number of H-pyrrole nitrogens is 1. The molecule has 1 aliphatic carbocycles. The Bertz CT molecular complexity index is 1190. The maximum Gasteiger partial charge on any atom is 0.270 e. The lowest BCUT2D eigenvalue weighted by Crippen LogP contribution is -2.41. The molecular weight excluding hydrogens is 402 g/mol. The number of fused-ring (bicyclic) bond motifs is 2. The van der Waals surface area contributed by atoms with E-state index < -0.39 is 0 Å². The van der Waals surface area contributed by atoms with Crippen molar-refractivity contribution in [2.24, 2.45) is 0 Å². The molecule has 2 aromatic carbocycles. The molecule has 5 rings (SSSR count). The van der Waals surface area contributed by atoms with Gasteiger partial charge in [-0.15, -0.1) is 11.3 Å². The fourth-order valence-corrected chi connectivity index (χ4v) is 5.49. The van der Waals surface area contributed by atoms with Crippen molar-refractivity contribution in [3.63, 3.8) is 0 Å². The van der Waals surface area contributed by atoms with Crippen molar-refractivity contribution in [1.82, 2.24) is 15.2 Å². The summed E-state index contributed by atoms with van der Waals surface area (Å²) in [6, 6.07) is 20.9. The third kappa shape index (κ3) is 4.10. The molecule has 0 saturated carbocycles. The standard InChI is InChI=1S/C26H27N3OS/c1-2-29(26(30)24-15-18-8-3-5-12-23(18)28-24)21-11-7-10-20(16-21)27-17-22-14-19-9-4-6-13-25(19)31-22/h3-6,8-9,12-16,21,27-28H,2,7,10-11,17H2,1H3/t21-/m0/s1. The van der Waals surface area contributed by atoms with Crippen LogP contribution in [0.5, 0.6) is 0 Å². The van der Waals surface area contributed by atoms with Gasteiger partial charge in [0.05, 0.1) is 6.04 Å². The minimum Gasteiger partial charge on any atom is -0.384 e. The molecule has 1 amide bonds. The van der Waals surface area contributed by atoms with Gasteiger partial charge < -0.3 is 15.2 Å². The summed E-state index contributed by atoms with van der Waals surface area (Å²) in [4.78, 5) is 19.9. The minimum atomic E-state index is 0.0747. The number of nitrogens with one attached hydrogen (secondary N) is 2. The van der Waals surface area contributed by atoms with Crippen LogP contribution in [0.1, 0.15) is 41.6 Å². The number of benzene rings is 2. The van der Waals surface area contributed by atoms with Gasteiger partial charge in [0.1, 0.15) is 5.69 Å². The normalized spacial score (nSPS) is 16.4. The second-order valence-corrected chi connectivity index (χ2v) is 9.29. The molecule has 4 aromatic rings. The summed E-state index contributed by atoms with van der Waals surface area (Å²) in [5, 5.41) is 6.02. The van der Waals surface area contributed by atoms with E-state index in [0.29, 0.717) is 12.2 Å². The number of aromatic amines is 1. The first-order valence-electron chi connectivity index (χ1n) is 11.0. The predicted molar refractivity (Wildman–Crippen MR) is 129 cm³/mol. The Labute approximate surface area is 186 Å². The maximum atomic E-state index is 13.3. The summed E-state index contributed by atoms with van der Waals surface area (Å²) in [6.45, 7) is 3.59. The number of para-hydroxylation sites is 1. The summed E-state index contributed by atoms with van der Waals surface area (Å²) in [6.07, 6.45) is 5.40. The SMILES string of the molecule is CCN(C(=O)c1cc2ccccc2[nH]1)[C@@H]1C=C(NCc2cc3ccccc3s2)CCC1. The fourth-order valence-electron chi connectivity index (χ4n) is 4.49. The predicted octanol–water partition coefficient (Wildman–Crippen LogP) is 6.07. The molecule has 0 bridgehead atoms. The van der Waals surface area contributed by atoms with Gasteiger partial charge in [0.25, 0.3) is 5.91 Å². The van der Waals surface area contributed by atoms with Gasteiger partial charge in [-0.3, -0.25) is 4.79 Å². The van der Waals surface area contributed by atoms with Crippen LogP contribution in [0.25, 0.3) is 21.0 Å². The number of aromatic nitrogens is 1. The topological polar surface area (TPSA) is 48.1 Å². The van der Waals surface area contributed by atoms with Crippen LogP contribution >= 0.6 is 11.3 Å². The molecule has 0 radical (unpaired) electrons. The second kappa shape index (κ2) is 8.60. The zero-order valence-corrected chi connectivity index (χ0v) is 18.5. The summed E-state index contributed by atoms with van der Waals surface area (Å²) in [5.74, 6) is 0.0747. The lowest BCUT2D eigenvalue weighted by Gasteiger charge is -2.32. The van der Waals surface area contributed by atoms with Crippen LogP contribution in [0.3, 0.4) is 0 Å². The van der Waals surface area contributed by atoms with Crippen molar-refractivity contribution in [2.45, 2.75) is 38.8 Å². The first-order valence-corrected chi connectivity index (χ1v) is 11.8. The molecule has 0 unspecified atom stereocenters. The van der Waals surface area contributed by atoms with E-state index in [0.717, 1.165) is 36.7 Å². The third-order valence-corrected chi connectivity index (χ3v) is 7.18. The molecule has 158 valence electrons. The smallest absolute Gasteiger partial charge is 0.270 e. The number of allylic oxidation sites excluding steroid dienone is 1. The van der Waals surface area contributed by atoms with Crippen molar-refractivity contribution in [3.05, 3.63) is 83.0 Å². The number of hydrogen-bond acceptors (Lipinski definition) is 3. The van der Waals surface area contributed by atoms with Crippen LogP contribution in [-0.2, 0) is 6.54 Å². The van der Waals surface area contributed by atoms with Crippen molar-refractivity contribution >= 4 is 38.2 Å². The Kier molecular flexibility index (Phi) is 5.51. The first kappa shape index (κ1) is 19.9. The zero-order valence-electron chi connectivity index (χ0n) is 17.7. The number of carbonyl (C=O) groups excluding carboxylic acids is 1. The number of amides is 1. The zero-order chi connectivity index (χ0) is 21.2. The van der Waals surface area contributed by atoms with Gasteiger partial charge in [0, 0.05) is 39.3 Å². The van der Waals surface area contributed by atoms with E-state index in [1.54, 1.807) is 0 Å². The summed E-state index contributed by atoms with van der Waals surface area (Å²) in [5.41, 5.74) is 2.92. The van der Waals surface area contributed by atoms with Gasteiger partial charge in [-0.1, -0.05) is 36.4 Å². The quantitative estimate of drug-likeness (QED) is 0.391. The number of nitrogens with zero attached hydrogens (tertiary/aromatic N) is 1. The first-order chi connectivity index (χ1) is 15.2. The van der Waals surface area contributed by atoms with Gasteiger partial charge in [-0.2, -0.15) is 0 Å². The lowest BCUT2D eigenvalue weighted by atomic mass is 9.98. The molecule has 0 saturated heterocycles. The van der Waals surface area contributed by atoms with E-state index in [-0.39, 0.29) is 11.9 Å². The molecule has 2 heterocycles. The summed E-state index contributed by atoms with van der Waals surface area (Å²) < 4.78 is 1.33. The Morgan fingerprint density at radius 1 is 1.13 bits per heavy atom. The van der Waals surface area contributed by atoms with Gasteiger partial charge in [-0.25, -0.2) is 0 Å². The molecular formula is C26H27N3OS. The van der Waals surface area contributed by atoms with Gasteiger partial charge in [0.2, 0.25) is 0 Å². The average molecular weight is 430 g/mol. The maximum absolute atomic E-state index is 13.3. The molecule has 1 atom stereocenters.